The van der Waals surface area contributed by atoms with E-state index in [-0.39, 0.29) is 45.0 Å². The van der Waals surface area contributed by atoms with E-state index in [2.05, 4.69) is 64.9 Å². The first-order valence-corrected chi connectivity index (χ1v) is 11.9. The molecule has 0 aliphatic heterocycles. The molecule has 0 bridgehead atoms. The summed E-state index contributed by atoms with van der Waals surface area (Å²) >= 11 is 9.53. The summed E-state index contributed by atoms with van der Waals surface area (Å²) in [5, 5.41) is 14.8. The molecule has 238 valence electrons. The van der Waals surface area contributed by atoms with Gasteiger partial charge in [0.05, 0.1) is 24.1 Å². The quantitative estimate of drug-likeness (QED) is 0.113. The SMILES string of the molecule is CN=P.CN=P.CN=P.CN=P.COOCOc1ccc(C)cc1.ClCCl.N#CP.N#CP.O.O.O.O.O.O. The molecule has 23 heteroatoms. The Morgan fingerprint density at radius 1 is 0.744 bits per heavy atom. The van der Waals surface area contributed by atoms with E-state index in [1.807, 2.05) is 49.7 Å². The Bertz CT molecular complexity index is 559. The number of hydrogen-bond donors (Lipinski definition) is 0. The molecular formula is C16H46Cl2N6O9P6. The summed E-state index contributed by atoms with van der Waals surface area (Å²) in [7, 11) is 23.1. The van der Waals surface area contributed by atoms with E-state index >= 15 is 0 Å². The van der Waals surface area contributed by atoms with Crippen molar-refractivity contribution in [3.05, 3.63) is 29.8 Å². The highest BCUT2D eigenvalue weighted by Gasteiger charge is 1.91. The number of nitrogens with zero attached hydrogens (tertiary/aromatic N) is 6. The van der Waals surface area contributed by atoms with Crippen molar-refractivity contribution in [2.45, 2.75) is 6.92 Å². The number of alkyl halides is 2. The lowest BCUT2D eigenvalue weighted by Gasteiger charge is -2.04. The van der Waals surface area contributed by atoms with Crippen LogP contribution in [0.1, 0.15) is 5.56 Å². The van der Waals surface area contributed by atoms with Crippen molar-refractivity contribution in [2.24, 2.45) is 19.0 Å². The summed E-state index contributed by atoms with van der Waals surface area (Å²) in [4.78, 5) is 8.91. The summed E-state index contributed by atoms with van der Waals surface area (Å²) in [6.07, 6.45) is 0. The fraction of sp³-hybridized carbons (Fsp3) is 0.500. The molecule has 0 heterocycles. The molecule has 0 fully saturated rings. The molecule has 0 aliphatic carbocycles. The van der Waals surface area contributed by atoms with Gasteiger partial charge < -0.3 is 37.6 Å². The summed E-state index contributed by atoms with van der Waals surface area (Å²) in [5.74, 6) is 4.11. The second-order valence-electron chi connectivity index (χ2n) is 3.61. The molecule has 12 N–H and O–H groups in total. The molecular weight excluding hydrogens is 677 g/mol. The van der Waals surface area contributed by atoms with Crippen LogP contribution in [0.5, 0.6) is 5.75 Å². The van der Waals surface area contributed by atoms with Crippen molar-refractivity contribution >= 4 is 77.8 Å². The number of aryl methyl sites for hydroxylation is 1. The maximum absolute atomic E-state index is 7.28. The molecule has 1 aromatic carbocycles. The molecule has 2 atom stereocenters. The van der Waals surface area contributed by atoms with Crippen LogP contribution in [-0.4, -0.2) is 80.3 Å². The molecule has 0 saturated carbocycles. The van der Waals surface area contributed by atoms with Crippen molar-refractivity contribution in [3.8, 4) is 17.4 Å². The molecule has 0 aromatic heterocycles. The fourth-order valence-corrected chi connectivity index (χ4v) is 0.775. The molecule has 1 rings (SSSR count). The van der Waals surface area contributed by atoms with E-state index in [0.717, 1.165) is 5.75 Å². The standard InChI is InChI=1S/C9H12O3.CH2Cl2.4CH4NP.2CH2NP.6H2O/c1-8-3-5-9(6-4-8)11-7-12-10-2;2-1-3;4*1-2-3;2*2-1-3;;;;;;/h3-6H,7H2,1-2H3;1H2;4*3H,1H3;2*3H2;6*1H2. The van der Waals surface area contributed by atoms with E-state index < -0.39 is 0 Å². The zero-order chi connectivity index (χ0) is 27.8. The van der Waals surface area contributed by atoms with Crippen molar-refractivity contribution in [1.82, 2.24) is 0 Å². The second-order valence-corrected chi connectivity index (χ2v) is 6.73. The van der Waals surface area contributed by atoms with Crippen LogP contribution >= 0.6 is 77.8 Å². The van der Waals surface area contributed by atoms with E-state index in [4.69, 9.17) is 38.5 Å². The number of benzene rings is 1. The number of rotatable bonds is 4. The lowest BCUT2D eigenvalue weighted by molar-refractivity contribution is -0.303. The van der Waals surface area contributed by atoms with Gasteiger partial charge in [-0.1, -0.05) is 17.7 Å². The van der Waals surface area contributed by atoms with Gasteiger partial charge in [0.2, 0.25) is 6.79 Å². The summed E-state index contributed by atoms with van der Waals surface area (Å²) < 4.78 is 18.4. The first kappa shape index (κ1) is 83.3. The van der Waals surface area contributed by atoms with Gasteiger partial charge >= 0.3 is 0 Å². The minimum absolute atomic E-state index is 0. The van der Waals surface area contributed by atoms with Gasteiger partial charge in [-0.25, -0.2) is 4.89 Å². The Kier molecular flexibility index (Phi) is 254. The number of halogens is 2. The smallest absolute Gasteiger partial charge is 0.221 e. The Hall–Kier alpha value is -0.480. The first-order chi connectivity index (χ1) is 15.7. The minimum atomic E-state index is 0. The van der Waals surface area contributed by atoms with Gasteiger partial charge in [-0.05, 0) is 73.7 Å². The molecule has 0 spiro atoms. The summed E-state index contributed by atoms with van der Waals surface area (Å²) in [5.41, 5.74) is 1.20. The van der Waals surface area contributed by atoms with Gasteiger partial charge in [-0.15, -0.1) is 23.2 Å². The van der Waals surface area contributed by atoms with Crippen LogP contribution in [0.3, 0.4) is 0 Å². The third-order valence-corrected chi connectivity index (χ3v) is 1.41. The largest absolute Gasteiger partial charge is 0.465 e. The molecule has 39 heavy (non-hydrogen) atoms. The van der Waals surface area contributed by atoms with Gasteiger partial charge in [0, 0.05) is 28.2 Å². The average Bonchev–Trinajstić information content (AvgIpc) is 2.74. The third-order valence-electron chi connectivity index (χ3n) is 1.41. The second kappa shape index (κ2) is 119. The lowest BCUT2D eigenvalue weighted by atomic mass is 10.2. The van der Waals surface area contributed by atoms with Crippen LogP contribution in [0.2, 0.25) is 0 Å². The fourth-order valence-electron chi connectivity index (χ4n) is 0.775. The van der Waals surface area contributed by atoms with Gasteiger partial charge in [0.15, 0.2) is 0 Å². The molecule has 0 radical (unpaired) electrons. The highest BCUT2D eigenvalue weighted by atomic mass is 35.5. The first-order valence-electron chi connectivity index (χ1n) is 7.92. The van der Waals surface area contributed by atoms with Gasteiger partial charge in [-0.2, -0.15) is 15.4 Å². The lowest BCUT2D eigenvalue weighted by Crippen LogP contribution is -2.01. The molecule has 15 nitrogen and oxygen atoms in total. The molecule has 2 unspecified atom stereocenters. The van der Waals surface area contributed by atoms with E-state index in [1.54, 1.807) is 39.8 Å². The average molecular weight is 723 g/mol. The summed E-state index contributed by atoms with van der Waals surface area (Å²) in [6, 6.07) is 7.72. The maximum atomic E-state index is 7.28. The number of hydrogen-bond acceptors (Lipinski definition) is 9. The van der Waals surface area contributed by atoms with Crippen LogP contribution in [0.25, 0.3) is 0 Å². The zero-order valence-electron chi connectivity index (χ0n) is 22.5. The highest BCUT2D eigenvalue weighted by molar-refractivity contribution is 7.23. The van der Waals surface area contributed by atoms with Gasteiger partial charge in [0.25, 0.3) is 0 Å². The molecule has 1 aromatic rings. The van der Waals surface area contributed by atoms with Crippen molar-refractivity contribution in [3.63, 3.8) is 0 Å². The predicted molar refractivity (Wildman–Crippen MR) is 180 cm³/mol. The highest BCUT2D eigenvalue weighted by Crippen LogP contribution is 2.10. The monoisotopic (exact) mass is 722 g/mol. The van der Waals surface area contributed by atoms with Gasteiger partial charge in [0.1, 0.15) is 5.75 Å². The number of nitriles is 2. The Morgan fingerprint density at radius 2 is 0.949 bits per heavy atom. The zero-order valence-corrected chi connectivity index (χ0v) is 30.4. The van der Waals surface area contributed by atoms with E-state index in [1.165, 1.54) is 12.7 Å². The van der Waals surface area contributed by atoms with Gasteiger partial charge in [-0.3, -0.25) is 19.0 Å². The maximum Gasteiger partial charge on any atom is 0.221 e. The van der Waals surface area contributed by atoms with Crippen LogP contribution < -0.4 is 4.74 Å². The van der Waals surface area contributed by atoms with Crippen molar-refractivity contribution < 1.29 is 47.4 Å². The van der Waals surface area contributed by atoms with Crippen LogP contribution in [0, 0.1) is 29.1 Å². The Balaban J connectivity index is -0.0000000197. The van der Waals surface area contributed by atoms with Crippen molar-refractivity contribution in [2.75, 3.05) is 47.4 Å². The van der Waals surface area contributed by atoms with Crippen LogP contribution in [0.15, 0.2) is 43.2 Å². The topological polar surface area (TPSA) is 314 Å². The third kappa shape index (κ3) is 225. The van der Waals surface area contributed by atoms with E-state index in [9.17, 15) is 0 Å². The van der Waals surface area contributed by atoms with E-state index in [0.29, 0.717) is 0 Å². The molecule has 0 amide bonds. The molecule has 0 saturated heterocycles. The van der Waals surface area contributed by atoms with Crippen LogP contribution in [-0.2, 0) is 9.78 Å². The predicted octanol–water partition coefficient (Wildman–Crippen LogP) is 2.84. The summed E-state index contributed by atoms with van der Waals surface area (Å²) in [6.45, 7) is 2.13. The minimum Gasteiger partial charge on any atom is -0.465 e. The Morgan fingerprint density at radius 3 is 1.13 bits per heavy atom. The van der Waals surface area contributed by atoms with Crippen LogP contribution in [0.4, 0.5) is 0 Å². The molecule has 0 aliphatic rings. The normalized spacial score (nSPS) is 5.23. The number of ether oxygens (including phenoxy) is 1. The Labute approximate surface area is 255 Å². The van der Waals surface area contributed by atoms with Crippen molar-refractivity contribution in [1.29, 1.82) is 10.5 Å².